The quantitative estimate of drug-likeness (QED) is 0.311. The van der Waals surface area contributed by atoms with Crippen LogP contribution >= 0.6 is 0 Å². The Morgan fingerprint density at radius 1 is 1.09 bits per heavy atom. The molecule has 0 aromatic rings. The summed E-state index contributed by atoms with van der Waals surface area (Å²) >= 11 is 0. The van der Waals surface area contributed by atoms with Gasteiger partial charge in [0.05, 0.1) is 0 Å². The van der Waals surface area contributed by atoms with Crippen LogP contribution in [0.4, 0.5) is 0 Å². The Labute approximate surface area is 136 Å². The molecule has 0 aromatic carbocycles. The molecule has 1 saturated carbocycles. The van der Waals surface area contributed by atoms with Gasteiger partial charge in [-0.3, -0.25) is 4.99 Å². The van der Waals surface area contributed by atoms with Crippen molar-refractivity contribution in [2.45, 2.75) is 46.0 Å². The SMILES string of the molecule is CCN(CC)CCCCNC(=NC)NCCCOCC1CC1. The number of nitrogens with zero attached hydrogens (tertiary/aromatic N) is 2. The summed E-state index contributed by atoms with van der Waals surface area (Å²) in [5, 5.41) is 6.72. The average Bonchev–Trinajstić information content (AvgIpc) is 3.36. The number of unbranched alkanes of at least 4 members (excludes halogenated alkanes) is 1. The minimum absolute atomic E-state index is 0.852. The zero-order valence-corrected chi connectivity index (χ0v) is 14.9. The van der Waals surface area contributed by atoms with Crippen LogP contribution < -0.4 is 10.6 Å². The van der Waals surface area contributed by atoms with Crippen LogP contribution in [0, 0.1) is 5.92 Å². The van der Waals surface area contributed by atoms with Crippen LogP contribution in [0.5, 0.6) is 0 Å². The monoisotopic (exact) mass is 312 g/mol. The molecule has 130 valence electrons. The highest BCUT2D eigenvalue weighted by molar-refractivity contribution is 5.79. The molecule has 1 fully saturated rings. The Morgan fingerprint density at radius 2 is 1.77 bits per heavy atom. The average molecular weight is 313 g/mol. The first kappa shape index (κ1) is 19.2. The molecule has 22 heavy (non-hydrogen) atoms. The first-order chi connectivity index (χ1) is 10.8. The lowest BCUT2D eigenvalue weighted by Gasteiger charge is -2.18. The molecule has 0 heterocycles. The van der Waals surface area contributed by atoms with Crippen LogP contribution in [0.25, 0.3) is 0 Å². The van der Waals surface area contributed by atoms with Crippen LogP contribution in [-0.2, 0) is 4.74 Å². The number of ether oxygens (including phenoxy) is 1. The van der Waals surface area contributed by atoms with Gasteiger partial charge in [0.25, 0.3) is 0 Å². The van der Waals surface area contributed by atoms with Crippen molar-refractivity contribution >= 4 is 5.96 Å². The molecule has 5 nitrogen and oxygen atoms in total. The van der Waals surface area contributed by atoms with E-state index in [1.807, 2.05) is 7.05 Å². The molecule has 1 aliphatic rings. The molecule has 0 unspecified atom stereocenters. The summed E-state index contributed by atoms with van der Waals surface area (Å²) < 4.78 is 5.62. The van der Waals surface area contributed by atoms with E-state index in [1.165, 1.54) is 32.2 Å². The molecule has 1 aliphatic carbocycles. The summed E-state index contributed by atoms with van der Waals surface area (Å²) in [4.78, 5) is 6.72. The van der Waals surface area contributed by atoms with Crippen molar-refractivity contribution in [2.24, 2.45) is 10.9 Å². The van der Waals surface area contributed by atoms with E-state index in [0.717, 1.165) is 57.7 Å². The molecule has 2 N–H and O–H groups in total. The number of rotatable bonds is 13. The topological polar surface area (TPSA) is 48.9 Å². The maximum Gasteiger partial charge on any atom is 0.190 e. The standard InChI is InChI=1S/C17H36N4O/c1-4-21(5-2)13-7-6-11-19-17(18-3)20-12-8-14-22-15-16-9-10-16/h16H,4-15H2,1-3H3,(H2,18,19,20). The third-order valence-corrected chi connectivity index (χ3v) is 4.12. The molecule has 0 amide bonds. The molecule has 0 spiro atoms. The molecular weight excluding hydrogens is 276 g/mol. The summed E-state index contributed by atoms with van der Waals surface area (Å²) in [7, 11) is 1.83. The number of nitrogens with one attached hydrogen (secondary N) is 2. The van der Waals surface area contributed by atoms with Crippen LogP contribution in [0.1, 0.15) is 46.0 Å². The van der Waals surface area contributed by atoms with Crippen molar-refractivity contribution in [1.29, 1.82) is 0 Å². The predicted octanol–water partition coefficient (Wildman–Crippen LogP) is 2.09. The Kier molecular flexibility index (Phi) is 11.1. The van der Waals surface area contributed by atoms with Crippen molar-refractivity contribution in [3.63, 3.8) is 0 Å². The van der Waals surface area contributed by atoms with Gasteiger partial charge >= 0.3 is 0 Å². The smallest absolute Gasteiger partial charge is 0.190 e. The van der Waals surface area contributed by atoms with E-state index >= 15 is 0 Å². The summed E-state index contributed by atoms with van der Waals surface area (Å²) in [6.45, 7) is 11.7. The van der Waals surface area contributed by atoms with Gasteiger partial charge in [0, 0.05) is 33.4 Å². The van der Waals surface area contributed by atoms with E-state index in [2.05, 4.69) is 34.4 Å². The number of guanidine groups is 1. The minimum Gasteiger partial charge on any atom is -0.381 e. The first-order valence-corrected chi connectivity index (χ1v) is 9.04. The van der Waals surface area contributed by atoms with E-state index in [4.69, 9.17) is 4.74 Å². The van der Waals surface area contributed by atoms with E-state index < -0.39 is 0 Å². The predicted molar refractivity (Wildman–Crippen MR) is 94.5 cm³/mol. The van der Waals surface area contributed by atoms with Crippen LogP contribution in [0.3, 0.4) is 0 Å². The fourth-order valence-electron chi connectivity index (χ4n) is 2.34. The highest BCUT2D eigenvalue weighted by Gasteiger charge is 2.20. The van der Waals surface area contributed by atoms with Gasteiger partial charge in [-0.1, -0.05) is 13.8 Å². The second-order valence-corrected chi connectivity index (χ2v) is 6.03. The fraction of sp³-hybridized carbons (Fsp3) is 0.941. The molecule has 0 bridgehead atoms. The molecule has 1 rings (SSSR count). The van der Waals surface area contributed by atoms with Crippen LogP contribution in [-0.4, -0.2) is 63.8 Å². The third-order valence-electron chi connectivity index (χ3n) is 4.12. The van der Waals surface area contributed by atoms with Gasteiger partial charge in [0.2, 0.25) is 0 Å². The zero-order chi connectivity index (χ0) is 16.0. The number of aliphatic imine (C=N–C) groups is 1. The van der Waals surface area contributed by atoms with Crippen molar-refractivity contribution in [3.8, 4) is 0 Å². The van der Waals surface area contributed by atoms with E-state index in [1.54, 1.807) is 0 Å². The van der Waals surface area contributed by atoms with Gasteiger partial charge < -0.3 is 20.3 Å². The minimum atomic E-state index is 0.852. The van der Waals surface area contributed by atoms with Gasteiger partial charge in [0.1, 0.15) is 0 Å². The number of hydrogen-bond acceptors (Lipinski definition) is 3. The van der Waals surface area contributed by atoms with Crippen molar-refractivity contribution in [1.82, 2.24) is 15.5 Å². The Balaban J connectivity index is 1.90. The summed E-state index contributed by atoms with van der Waals surface area (Å²) in [6, 6.07) is 0. The van der Waals surface area contributed by atoms with E-state index in [-0.39, 0.29) is 0 Å². The van der Waals surface area contributed by atoms with Gasteiger partial charge in [-0.15, -0.1) is 0 Å². The molecule has 5 heteroatoms. The highest BCUT2D eigenvalue weighted by Crippen LogP contribution is 2.28. The van der Waals surface area contributed by atoms with Crippen LogP contribution in [0.15, 0.2) is 4.99 Å². The summed E-state index contributed by atoms with van der Waals surface area (Å²) in [6.07, 6.45) is 6.18. The van der Waals surface area contributed by atoms with Crippen LogP contribution in [0.2, 0.25) is 0 Å². The number of hydrogen-bond donors (Lipinski definition) is 2. The molecule has 0 saturated heterocycles. The molecule has 0 radical (unpaired) electrons. The van der Waals surface area contributed by atoms with E-state index in [0.29, 0.717) is 0 Å². The third kappa shape index (κ3) is 10.0. The van der Waals surface area contributed by atoms with Gasteiger partial charge in [-0.25, -0.2) is 0 Å². The molecule has 0 aromatic heterocycles. The van der Waals surface area contributed by atoms with Crippen molar-refractivity contribution in [3.05, 3.63) is 0 Å². The molecular formula is C17H36N4O. The highest BCUT2D eigenvalue weighted by atomic mass is 16.5. The van der Waals surface area contributed by atoms with Gasteiger partial charge in [-0.2, -0.15) is 0 Å². The maximum atomic E-state index is 5.62. The lowest BCUT2D eigenvalue weighted by atomic mass is 10.3. The normalized spacial score (nSPS) is 15.4. The molecule has 0 aliphatic heterocycles. The largest absolute Gasteiger partial charge is 0.381 e. The van der Waals surface area contributed by atoms with Crippen molar-refractivity contribution < 1.29 is 4.74 Å². The summed E-state index contributed by atoms with van der Waals surface area (Å²) in [5.74, 6) is 1.77. The van der Waals surface area contributed by atoms with Gasteiger partial charge in [0.15, 0.2) is 5.96 Å². The first-order valence-electron chi connectivity index (χ1n) is 9.04. The second-order valence-electron chi connectivity index (χ2n) is 6.03. The van der Waals surface area contributed by atoms with E-state index in [9.17, 15) is 0 Å². The summed E-state index contributed by atoms with van der Waals surface area (Å²) in [5.41, 5.74) is 0. The fourth-order valence-corrected chi connectivity index (χ4v) is 2.34. The molecule has 0 atom stereocenters. The van der Waals surface area contributed by atoms with Crippen molar-refractivity contribution in [2.75, 3.05) is 53.0 Å². The maximum absolute atomic E-state index is 5.62. The Bertz CT molecular complexity index is 288. The second kappa shape index (κ2) is 12.7. The Morgan fingerprint density at radius 3 is 2.36 bits per heavy atom. The Hall–Kier alpha value is -0.810. The lowest BCUT2D eigenvalue weighted by Crippen LogP contribution is -2.38. The zero-order valence-electron chi connectivity index (χ0n) is 14.9. The van der Waals surface area contributed by atoms with Gasteiger partial charge in [-0.05, 0) is 57.7 Å². The lowest BCUT2D eigenvalue weighted by molar-refractivity contribution is 0.123.